The van der Waals surface area contributed by atoms with E-state index in [4.69, 9.17) is 9.84 Å². The van der Waals surface area contributed by atoms with Gasteiger partial charge in [-0.15, -0.1) is 11.3 Å². The molecule has 1 aromatic rings. The summed E-state index contributed by atoms with van der Waals surface area (Å²) in [5, 5.41) is 11.4. The highest BCUT2D eigenvalue weighted by molar-refractivity contribution is 7.14. The Morgan fingerprint density at radius 2 is 2.22 bits per heavy atom. The van der Waals surface area contributed by atoms with Crippen LogP contribution in [0.1, 0.15) is 27.0 Å². The van der Waals surface area contributed by atoms with Crippen molar-refractivity contribution in [2.24, 2.45) is 0 Å². The van der Waals surface area contributed by atoms with Crippen LogP contribution in [-0.4, -0.2) is 36.7 Å². The van der Waals surface area contributed by atoms with E-state index in [0.717, 1.165) is 16.9 Å². The lowest BCUT2D eigenvalue weighted by Gasteiger charge is -2.12. The average molecular weight is 271 g/mol. The summed E-state index contributed by atoms with van der Waals surface area (Å²) in [6, 6.07) is 0.764. The van der Waals surface area contributed by atoms with Gasteiger partial charge >= 0.3 is 5.97 Å². The van der Waals surface area contributed by atoms with E-state index < -0.39 is 12.0 Å². The largest absolute Gasteiger partial charge is 0.480 e. The predicted molar refractivity (Wildman–Crippen MR) is 69.2 cm³/mol. The maximum absolute atomic E-state index is 11.9. The second-order valence-electron chi connectivity index (χ2n) is 3.89. The van der Waals surface area contributed by atoms with Crippen molar-refractivity contribution in [2.45, 2.75) is 26.3 Å². The number of methoxy groups -OCH3 is 1. The van der Waals surface area contributed by atoms with E-state index in [-0.39, 0.29) is 12.5 Å². The molecule has 1 heterocycles. The number of aryl methyl sites for hydroxylation is 2. The second kappa shape index (κ2) is 6.51. The third-order valence-corrected chi connectivity index (χ3v) is 3.88. The highest BCUT2D eigenvalue weighted by Gasteiger charge is 2.21. The second-order valence-corrected chi connectivity index (χ2v) is 5.03. The van der Waals surface area contributed by atoms with Crippen molar-refractivity contribution in [3.8, 4) is 0 Å². The fraction of sp³-hybridized carbons (Fsp3) is 0.500. The van der Waals surface area contributed by atoms with Crippen LogP contribution in [0.5, 0.6) is 0 Å². The van der Waals surface area contributed by atoms with Gasteiger partial charge in [-0.3, -0.25) is 4.79 Å². The highest BCUT2D eigenvalue weighted by Crippen LogP contribution is 2.22. The number of carboxylic acids is 1. The van der Waals surface area contributed by atoms with Gasteiger partial charge in [0.25, 0.3) is 5.91 Å². The molecule has 0 aliphatic rings. The molecule has 0 saturated carbocycles. The number of amides is 1. The third-order valence-electron chi connectivity index (χ3n) is 2.50. The molecule has 1 aromatic heterocycles. The van der Waals surface area contributed by atoms with Gasteiger partial charge in [0.2, 0.25) is 0 Å². The van der Waals surface area contributed by atoms with E-state index in [1.165, 1.54) is 18.4 Å². The molecular weight excluding hydrogens is 254 g/mol. The van der Waals surface area contributed by atoms with Gasteiger partial charge in [0, 0.05) is 12.0 Å². The fourth-order valence-corrected chi connectivity index (χ4v) is 2.57. The molecule has 1 amide bonds. The van der Waals surface area contributed by atoms with E-state index >= 15 is 0 Å². The summed E-state index contributed by atoms with van der Waals surface area (Å²) in [6.45, 7) is 3.91. The Balaban J connectivity index is 2.77. The van der Waals surface area contributed by atoms with Gasteiger partial charge in [-0.05, 0) is 25.0 Å². The summed E-state index contributed by atoms with van der Waals surface area (Å²) in [5.41, 5.74) is 1.06. The van der Waals surface area contributed by atoms with Crippen molar-refractivity contribution in [2.75, 3.05) is 13.7 Å². The Labute approximate surface area is 110 Å². The number of ether oxygens (including phenoxy) is 1. The smallest absolute Gasteiger partial charge is 0.328 e. The van der Waals surface area contributed by atoms with Crippen LogP contribution < -0.4 is 5.32 Å². The zero-order valence-electron chi connectivity index (χ0n) is 10.6. The molecule has 0 bridgehead atoms. The van der Waals surface area contributed by atoms with Gasteiger partial charge in [-0.1, -0.05) is 6.92 Å². The molecule has 1 unspecified atom stereocenters. The molecular formula is C12H17NO4S. The predicted octanol–water partition coefficient (Wildman–Crippen LogP) is 1.45. The van der Waals surface area contributed by atoms with Crippen LogP contribution in [0.4, 0.5) is 0 Å². The standard InChI is InChI=1S/C12H17NO4S/c1-4-9-7(2)5-10(18-9)11(14)13-8(6-17-3)12(15)16/h5,8H,4,6H2,1-3H3,(H,13,14)(H,15,16). The number of carboxylic acid groups (broad SMARTS) is 1. The summed E-state index contributed by atoms with van der Waals surface area (Å²) in [7, 11) is 1.40. The minimum atomic E-state index is -1.10. The van der Waals surface area contributed by atoms with Crippen molar-refractivity contribution < 1.29 is 19.4 Å². The highest BCUT2D eigenvalue weighted by atomic mass is 32.1. The Bertz CT molecular complexity index is 441. The Morgan fingerprint density at radius 1 is 1.56 bits per heavy atom. The van der Waals surface area contributed by atoms with Gasteiger partial charge in [0.1, 0.15) is 0 Å². The summed E-state index contributed by atoms with van der Waals surface area (Å²) in [6.07, 6.45) is 0.865. The minimum Gasteiger partial charge on any atom is -0.480 e. The van der Waals surface area contributed by atoms with Crippen LogP contribution >= 0.6 is 11.3 Å². The number of carbonyl (C=O) groups is 2. The Hall–Kier alpha value is -1.40. The number of hydrogen-bond donors (Lipinski definition) is 2. The molecule has 6 heteroatoms. The van der Waals surface area contributed by atoms with Crippen molar-refractivity contribution in [1.82, 2.24) is 5.32 Å². The molecule has 1 atom stereocenters. The van der Waals surface area contributed by atoms with Crippen LogP contribution in [0, 0.1) is 6.92 Å². The molecule has 0 saturated heterocycles. The normalized spacial score (nSPS) is 12.2. The summed E-state index contributed by atoms with van der Waals surface area (Å²) in [5.74, 6) is -1.47. The van der Waals surface area contributed by atoms with Gasteiger partial charge in [-0.2, -0.15) is 0 Å². The first-order valence-corrected chi connectivity index (χ1v) is 6.43. The fourth-order valence-electron chi connectivity index (χ4n) is 1.55. The maximum atomic E-state index is 11.9. The molecule has 2 N–H and O–H groups in total. The molecule has 0 aliphatic carbocycles. The summed E-state index contributed by atoms with van der Waals surface area (Å²) < 4.78 is 4.76. The van der Waals surface area contributed by atoms with Gasteiger partial charge in [0.05, 0.1) is 11.5 Å². The van der Waals surface area contributed by atoms with Crippen molar-refractivity contribution in [3.63, 3.8) is 0 Å². The molecule has 0 fully saturated rings. The molecule has 100 valence electrons. The maximum Gasteiger partial charge on any atom is 0.328 e. The molecule has 5 nitrogen and oxygen atoms in total. The molecule has 0 aliphatic heterocycles. The van der Waals surface area contributed by atoms with E-state index in [1.807, 2.05) is 13.8 Å². The van der Waals surface area contributed by atoms with Gasteiger partial charge in [-0.25, -0.2) is 4.79 Å². The van der Waals surface area contributed by atoms with Crippen LogP contribution in [0.2, 0.25) is 0 Å². The number of rotatable bonds is 6. The SMILES string of the molecule is CCc1sc(C(=O)NC(COC)C(=O)O)cc1C. The van der Waals surface area contributed by atoms with Crippen molar-refractivity contribution >= 4 is 23.2 Å². The van der Waals surface area contributed by atoms with Crippen LogP contribution in [0.3, 0.4) is 0 Å². The number of nitrogens with one attached hydrogen (secondary N) is 1. The lowest BCUT2D eigenvalue weighted by atomic mass is 10.2. The first-order valence-electron chi connectivity index (χ1n) is 5.61. The first-order chi connectivity index (χ1) is 8.49. The quantitative estimate of drug-likeness (QED) is 0.821. The van der Waals surface area contributed by atoms with Crippen molar-refractivity contribution in [3.05, 3.63) is 21.4 Å². The zero-order valence-corrected chi connectivity index (χ0v) is 11.5. The number of carbonyl (C=O) groups excluding carboxylic acids is 1. The topological polar surface area (TPSA) is 75.6 Å². The first kappa shape index (κ1) is 14.7. The molecule has 18 heavy (non-hydrogen) atoms. The van der Waals surface area contributed by atoms with Crippen molar-refractivity contribution in [1.29, 1.82) is 0 Å². The molecule has 0 spiro atoms. The average Bonchev–Trinajstić information content (AvgIpc) is 2.69. The van der Waals surface area contributed by atoms with E-state index in [9.17, 15) is 9.59 Å². The summed E-state index contributed by atoms with van der Waals surface area (Å²) in [4.78, 5) is 24.5. The monoisotopic (exact) mass is 271 g/mol. The number of thiophene rings is 1. The van der Waals surface area contributed by atoms with E-state index in [2.05, 4.69) is 5.32 Å². The lowest BCUT2D eigenvalue weighted by Crippen LogP contribution is -2.43. The minimum absolute atomic E-state index is 0.0495. The molecule has 0 radical (unpaired) electrons. The van der Waals surface area contributed by atoms with E-state index in [0.29, 0.717) is 4.88 Å². The van der Waals surface area contributed by atoms with Crippen LogP contribution in [-0.2, 0) is 16.0 Å². The lowest BCUT2D eigenvalue weighted by molar-refractivity contribution is -0.140. The summed E-state index contributed by atoms with van der Waals surface area (Å²) >= 11 is 1.39. The Morgan fingerprint density at radius 3 is 2.67 bits per heavy atom. The molecule has 1 rings (SSSR count). The Kier molecular flexibility index (Phi) is 5.30. The van der Waals surface area contributed by atoms with E-state index in [1.54, 1.807) is 6.07 Å². The van der Waals surface area contributed by atoms with Gasteiger partial charge < -0.3 is 15.2 Å². The molecule has 0 aromatic carbocycles. The number of aliphatic carboxylic acids is 1. The van der Waals surface area contributed by atoms with Gasteiger partial charge in [0.15, 0.2) is 6.04 Å². The zero-order chi connectivity index (χ0) is 13.7. The number of hydrogen-bond acceptors (Lipinski definition) is 4. The van der Waals surface area contributed by atoms with Crippen LogP contribution in [0.25, 0.3) is 0 Å². The van der Waals surface area contributed by atoms with Crippen LogP contribution in [0.15, 0.2) is 6.07 Å². The third kappa shape index (κ3) is 3.54.